The van der Waals surface area contributed by atoms with Crippen molar-refractivity contribution in [2.45, 2.75) is 24.8 Å². The molecular weight excluding hydrogens is 444 g/mol. The van der Waals surface area contributed by atoms with Crippen molar-refractivity contribution in [3.05, 3.63) is 83.9 Å². The van der Waals surface area contributed by atoms with Crippen LogP contribution in [0.25, 0.3) is 0 Å². The van der Waals surface area contributed by atoms with Crippen molar-refractivity contribution >= 4 is 33.3 Å². The Balaban J connectivity index is 1.67. The fourth-order valence-corrected chi connectivity index (χ4v) is 3.93. The third kappa shape index (κ3) is 6.33. The van der Waals surface area contributed by atoms with E-state index in [1.165, 1.54) is 38.3 Å². The van der Waals surface area contributed by atoms with E-state index in [2.05, 4.69) is 10.0 Å². The lowest BCUT2D eigenvalue weighted by molar-refractivity contribution is -0.123. The molecule has 3 aromatic carbocycles. The summed E-state index contributed by atoms with van der Waals surface area (Å²) in [5, 5.41) is 2.67. The minimum absolute atomic E-state index is 0.00240. The maximum Gasteiger partial charge on any atom is 0.338 e. The molecule has 172 valence electrons. The number of nitrogens with one attached hydrogen (secondary N) is 2. The van der Waals surface area contributed by atoms with Gasteiger partial charge in [0, 0.05) is 11.4 Å². The number of sulfonamides is 1. The number of hydrogen-bond acceptors (Lipinski definition) is 6. The van der Waals surface area contributed by atoms with Gasteiger partial charge in [-0.1, -0.05) is 23.8 Å². The number of amides is 1. The standard InChI is InChI=1S/C24H24N2O6S/c1-16-7-9-19(10-8-16)25-23(27)17(2)32-24(28)18-5-4-6-22(15-18)33(29,30)26-20-11-13-21(31-3)14-12-20/h4-15,17,26H,1-3H3,(H,25,27). The normalized spacial score (nSPS) is 11.8. The summed E-state index contributed by atoms with van der Waals surface area (Å²) in [7, 11) is -2.45. The molecule has 8 nitrogen and oxygen atoms in total. The summed E-state index contributed by atoms with van der Waals surface area (Å²) in [5.74, 6) is -0.733. The van der Waals surface area contributed by atoms with Gasteiger partial charge in [-0.05, 0) is 68.4 Å². The van der Waals surface area contributed by atoms with Gasteiger partial charge in [-0.25, -0.2) is 13.2 Å². The van der Waals surface area contributed by atoms with Crippen LogP contribution >= 0.6 is 0 Å². The average Bonchev–Trinajstić information content (AvgIpc) is 2.80. The van der Waals surface area contributed by atoms with Crippen molar-refractivity contribution in [2.24, 2.45) is 0 Å². The first kappa shape index (κ1) is 23.8. The highest BCUT2D eigenvalue weighted by atomic mass is 32.2. The zero-order chi connectivity index (χ0) is 24.0. The van der Waals surface area contributed by atoms with Gasteiger partial charge in [0.05, 0.1) is 17.6 Å². The van der Waals surface area contributed by atoms with E-state index < -0.39 is 28.0 Å². The Labute approximate surface area is 192 Å². The van der Waals surface area contributed by atoms with Crippen LogP contribution in [0.4, 0.5) is 11.4 Å². The highest BCUT2D eigenvalue weighted by molar-refractivity contribution is 7.92. The number of anilines is 2. The number of aryl methyl sites for hydroxylation is 1. The number of carbonyl (C=O) groups is 2. The number of esters is 1. The molecule has 9 heteroatoms. The number of methoxy groups -OCH3 is 1. The second-order valence-electron chi connectivity index (χ2n) is 7.26. The van der Waals surface area contributed by atoms with Gasteiger partial charge in [-0.2, -0.15) is 0 Å². The molecule has 1 amide bonds. The van der Waals surface area contributed by atoms with Crippen LogP contribution in [0.2, 0.25) is 0 Å². The SMILES string of the molecule is COc1ccc(NS(=O)(=O)c2cccc(C(=O)OC(C)C(=O)Nc3ccc(C)cc3)c2)cc1. The van der Waals surface area contributed by atoms with Gasteiger partial charge < -0.3 is 14.8 Å². The molecule has 0 aliphatic carbocycles. The Bertz CT molecular complexity index is 1240. The first-order valence-corrected chi connectivity index (χ1v) is 11.5. The molecular formula is C24H24N2O6S. The summed E-state index contributed by atoms with van der Waals surface area (Å²) in [6.45, 7) is 3.37. The molecule has 0 bridgehead atoms. The molecule has 0 radical (unpaired) electrons. The average molecular weight is 469 g/mol. The van der Waals surface area contributed by atoms with Crippen LogP contribution in [-0.2, 0) is 19.6 Å². The van der Waals surface area contributed by atoms with Crippen LogP contribution < -0.4 is 14.8 Å². The van der Waals surface area contributed by atoms with Crippen LogP contribution in [0.1, 0.15) is 22.8 Å². The van der Waals surface area contributed by atoms with Gasteiger partial charge in [0.1, 0.15) is 5.75 Å². The van der Waals surface area contributed by atoms with Gasteiger partial charge in [0.2, 0.25) is 0 Å². The lowest BCUT2D eigenvalue weighted by Crippen LogP contribution is -2.30. The summed E-state index contributed by atoms with van der Waals surface area (Å²) >= 11 is 0. The molecule has 0 saturated heterocycles. The molecule has 0 saturated carbocycles. The number of carbonyl (C=O) groups excluding carboxylic acids is 2. The van der Waals surface area contributed by atoms with E-state index >= 15 is 0 Å². The highest BCUT2D eigenvalue weighted by Crippen LogP contribution is 2.20. The minimum Gasteiger partial charge on any atom is -0.497 e. The van der Waals surface area contributed by atoms with E-state index in [0.29, 0.717) is 17.1 Å². The van der Waals surface area contributed by atoms with Gasteiger partial charge in [-0.15, -0.1) is 0 Å². The Kier molecular flexibility index (Phi) is 7.34. The van der Waals surface area contributed by atoms with Crippen molar-refractivity contribution < 1.29 is 27.5 Å². The number of benzene rings is 3. The van der Waals surface area contributed by atoms with Gasteiger partial charge in [-0.3, -0.25) is 9.52 Å². The molecule has 0 heterocycles. The topological polar surface area (TPSA) is 111 Å². The van der Waals surface area contributed by atoms with Crippen molar-refractivity contribution in [3.8, 4) is 5.75 Å². The molecule has 3 rings (SSSR count). The van der Waals surface area contributed by atoms with Crippen molar-refractivity contribution in [1.29, 1.82) is 0 Å². The maximum atomic E-state index is 12.7. The largest absolute Gasteiger partial charge is 0.497 e. The first-order valence-electron chi connectivity index (χ1n) is 10.0. The minimum atomic E-state index is -3.96. The monoisotopic (exact) mass is 468 g/mol. The third-order valence-electron chi connectivity index (χ3n) is 4.69. The van der Waals surface area contributed by atoms with Crippen LogP contribution in [0.3, 0.4) is 0 Å². The summed E-state index contributed by atoms with van der Waals surface area (Å²) in [4.78, 5) is 24.7. The number of ether oxygens (including phenoxy) is 2. The summed E-state index contributed by atoms with van der Waals surface area (Å²) < 4.78 is 38.2. The third-order valence-corrected chi connectivity index (χ3v) is 6.07. The fourth-order valence-electron chi connectivity index (χ4n) is 2.83. The Hall–Kier alpha value is -3.85. The van der Waals surface area contributed by atoms with E-state index in [1.807, 2.05) is 19.1 Å². The highest BCUT2D eigenvalue weighted by Gasteiger charge is 2.21. The van der Waals surface area contributed by atoms with E-state index in [4.69, 9.17) is 9.47 Å². The molecule has 33 heavy (non-hydrogen) atoms. The van der Waals surface area contributed by atoms with Crippen molar-refractivity contribution in [1.82, 2.24) is 0 Å². The molecule has 0 aliphatic rings. The van der Waals surface area contributed by atoms with E-state index in [9.17, 15) is 18.0 Å². The van der Waals surface area contributed by atoms with Gasteiger partial charge >= 0.3 is 5.97 Å². The zero-order valence-corrected chi connectivity index (χ0v) is 19.2. The Morgan fingerprint density at radius 2 is 1.55 bits per heavy atom. The molecule has 0 aliphatic heterocycles. The quantitative estimate of drug-likeness (QED) is 0.484. The molecule has 0 spiro atoms. The van der Waals surface area contributed by atoms with Crippen LogP contribution in [0.5, 0.6) is 5.75 Å². The van der Waals surface area contributed by atoms with Gasteiger partial charge in [0.25, 0.3) is 15.9 Å². The van der Waals surface area contributed by atoms with Gasteiger partial charge in [0.15, 0.2) is 6.10 Å². The smallest absolute Gasteiger partial charge is 0.338 e. The van der Waals surface area contributed by atoms with E-state index in [1.54, 1.807) is 36.4 Å². The molecule has 0 fully saturated rings. The van der Waals surface area contributed by atoms with Crippen molar-refractivity contribution in [3.63, 3.8) is 0 Å². The van der Waals surface area contributed by atoms with E-state index in [-0.39, 0.29) is 10.5 Å². The van der Waals surface area contributed by atoms with Crippen LogP contribution in [0, 0.1) is 6.92 Å². The molecule has 1 atom stereocenters. The first-order chi connectivity index (χ1) is 15.7. The second-order valence-corrected chi connectivity index (χ2v) is 8.95. The van der Waals surface area contributed by atoms with E-state index in [0.717, 1.165) is 5.56 Å². The predicted molar refractivity (Wildman–Crippen MR) is 125 cm³/mol. The second kappa shape index (κ2) is 10.2. The molecule has 0 aromatic heterocycles. The number of hydrogen-bond donors (Lipinski definition) is 2. The zero-order valence-electron chi connectivity index (χ0n) is 18.4. The molecule has 2 N–H and O–H groups in total. The lowest BCUT2D eigenvalue weighted by atomic mass is 10.2. The maximum absolute atomic E-state index is 12.7. The summed E-state index contributed by atoms with van der Waals surface area (Å²) in [6.07, 6.45) is -1.09. The number of rotatable bonds is 8. The van der Waals surface area contributed by atoms with Crippen LogP contribution in [0.15, 0.2) is 77.7 Å². The summed E-state index contributed by atoms with van der Waals surface area (Å²) in [5.41, 5.74) is 1.96. The predicted octanol–water partition coefficient (Wildman–Crippen LogP) is 3.99. The molecule has 3 aromatic rings. The van der Waals surface area contributed by atoms with Crippen molar-refractivity contribution in [2.75, 3.05) is 17.1 Å². The summed E-state index contributed by atoms with van der Waals surface area (Å²) in [6, 6.07) is 18.9. The Morgan fingerprint density at radius 3 is 2.18 bits per heavy atom. The molecule has 1 unspecified atom stereocenters. The Morgan fingerprint density at radius 1 is 0.909 bits per heavy atom. The lowest BCUT2D eigenvalue weighted by Gasteiger charge is -2.14. The van der Waals surface area contributed by atoms with Crippen LogP contribution in [-0.4, -0.2) is 33.5 Å². The fraction of sp³-hybridized carbons (Fsp3) is 0.167.